The van der Waals surface area contributed by atoms with Gasteiger partial charge in [-0.15, -0.1) is 0 Å². The predicted octanol–water partition coefficient (Wildman–Crippen LogP) is -0.271. The normalized spacial score (nSPS) is 18.3. The van der Waals surface area contributed by atoms with Crippen LogP contribution in [0.3, 0.4) is 0 Å². The van der Waals surface area contributed by atoms with Gasteiger partial charge in [-0.1, -0.05) is 61.8 Å². The second kappa shape index (κ2) is 23.8. The number of nitrogens with one attached hydrogen (secondary N) is 5. The predicted molar refractivity (Wildman–Crippen MR) is 203 cm³/mol. The molecule has 17 heteroatoms. The summed E-state index contributed by atoms with van der Waals surface area (Å²) in [7, 11) is 0. The Bertz CT molecular complexity index is 1260. The van der Waals surface area contributed by atoms with Gasteiger partial charge < -0.3 is 53.2 Å². The molecule has 8 atom stereocenters. The second-order valence-corrected chi connectivity index (χ2v) is 15.6. The van der Waals surface area contributed by atoms with Crippen LogP contribution in [0, 0.1) is 23.7 Å². The lowest BCUT2D eigenvalue weighted by atomic mass is 9.96. The highest BCUT2D eigenvalue weighted by molar-refractivity contribution is 5.97. The van der Waals surface area contributed by atoms with Gasteiger partial charge in [-0.2, -0.15) is 0 Å². The van der Waals surface area contributed by atoms with E-state index in [1.807, 2.05) is 34.6 Å². The van der Waals surface area contributed by atoms with Crippen molar-refractivity contribution in [3.63, 3.8) is 0 Å². The minimum absolute atomic E-state index is 0.0609. The average Bonchev–Trinajstić information content (AvgIpc) is 3.60. The van der Waals surface area contributed by atoms with E-state index in [2.05, 4.69) is 26.6 Å². The van der Waals surface area contributed by atoms with Crippen LogP contribution >= 0.6 is 0 Å². The van der Waals surface area contributed by atoms with Crippen molar-refractivity contribution in [3.05, 3.63) is 0 Å². The molecule has 1 rings (SSSR count). The third-order valence-electron chi connectivity index (χ3n) is 9.69. The number of amides is 6. The van der Waals surface area contributed by atoms with Crippen molar-refractivity contribution in [2.24, 2.45) is 35.1 Å². The first kappa shape index (κ1) is 48.2. The zero-order valence-corrected chi connectivity index (χ0v) is 33.5. The topological polar surface area (TPSA) is 275 Å². The summed E-state index contributed by atoms with van der Waals surface area (Å²) in [6.07, 6.45) is 3.01. The molecule has 54 heavy (non-hydrogen) atoms. The highest BCUT2D eigenvalue weighted by atomic mass is 16.4. The number of nitrogens with zero attached hydrogens (tertiary/aromatic N) is 1. The minimum Gasteiger partial charge on any atom is -0.480 e. The van der Waals surface area contributed by atoms with Crippen LogP contribution in [0.5, 0.6) is 0 Å². The van der Waals surface area contributed by atoms with Gasteiger partial charge in [0.2, 0.25) is 35.4 Å². The molecule has 1 aliphatic rings. The van der Waals surface area contributed by atoms with Crippen LogP contribution in [-0.2, 0) is 33.6 Å². The number of hydrogen-bond acceptors (Lipinski definition) is 10. The highest BCUT2D eigenvalue weighted by Gasteiger charge is 2.40. The number of likely N-dealkylation sites (tertiary alicyclic amines) is 1. The maximum Gasteiger partial charge on any atom is 0.326 e. The molecule has 1 fully saturated rings. The van der Waals surface area contributed by atoms with Gasteiger partial charge in [-0.05, 0) is 75.2 Å². The molecule has 17 nitrogen and oxygen atoms in total. The summed E-state index contributed by atoms with van der Waals surface area (Å²) in [6.45, 7) is 14.4. The van der Waals surface area contributed by atoms with Crippen LogP contribution in [-0.4, -0.2) is 119 Å². The molecule has 0 unspecified atom stereocenters. The number of carboxylic acid groups (broad SMARTS) is 1. The van der Waals surface area contributed by atoms with E-state index in [0.717, 1.165) is 0 Å². The molecular weight excluding hydrogens is 700 g/mol. The lowest BCUT2D eigenvalue weighted by molar-refractivity contribution is -0.145. The van der Waals surface area contributed by atoms with E-state index in [1.165, 1.54) is 4.90 Å². The molecule has 1 heterocycles. The summed E-state index contributed by atoms with van der Waals surface area (Å²) < 4.78 is 0. The Labute approximate surface area is 320 Å². The number of nitrogens with two attached hydrogens (primary N) is 2. The van der Waals surface area contributed by atoms with Gasteiger partial charge in [0.25, 0.3) is 0 Å². The Kier molecular flexibility index (Phi) is 21.3. The van der Waals surface area contributed by atoms with E-state index in [9.17, 15) is 43.8 Å². The van der Waals surface area contributed by atoms with Crippen molar-refractivity contribution < 1.29 is 43.8 Å². The summed E-state index contributed by atoms with van der Waals surface area (Å²) in [5.74, 6) is -5.72. The maximum absolute atomic E-state index is 14.0. The van der Waals surface area contributed by atoms with Gasteiger partial charge in [0.05, 0.1) is 12.6 Å². The molecule has 6 amide bonds. The number of unbranched alkanes of at least 4 members (excludes halogenated alkanes) is 1. The Balaban J connectivity index is 3.19. The Morgan fingerprint density at radius 2 is 1.30 bits per heavy atom. The van der Waals surface area contributed by atoms with Crippen LogP contribution < -0.4 is 38.1 Å². The monoisotopic (exact) mass is 769 g/mol. The second-order valence-electron chi connectivity index (χ2n) is 15.6. The first-order chi connectivity index (χ1) is 25.3. The molecule has 0 radical (unpaired) electrons. The summed E-state index contributed by atoms with van der Waals surface area (Å²) in [6, 6.07) is -7.67. The maximum atomic E-state index is 14.0. The Morgan fingerprint density at radius 1 is 0.741 bits per heavy atom. The number of rotatable bonds is 24. The number of aliphatic hydroxyl groups excluding tert-OH is 1. The molecule has 0 spiro atoms. The zero-order chi connectivity index (χ0) is 41.3. The van der Waals surface area contributed by atoms with Gasteiger partial charge in [0.1, 0.15) is 36.3 Å². The summed E-state index contributed by atoms with van der Waals surface area (Å²) >= 11 is 0. The molecule has 0 saturated carbocycles. The van der Waals surface area contributed by atoms with Crippen molar-refractivity contribution >= 4 is 41.4 Å². The molecule has 310 valence electrons. The molecule has 0 aliphatic carbocycles. The van der Waals surface area contributed by atoms with Crippen molar-refractivity contribution in [1.82, 2.24) is 31.5 Å². The standard InChI is InChI=1S/C37H68N8O9/c1-9-23(8)30(44-34(50)29(39)22(6)7)35(51)43-27(19-46)32(48)41-25(17-20(2)3)31(47)42-26(18-21(4)5)36(52)45-16-12-14-28(45)33(49)40-24(37(53)54)13-10-11-15-38/h20-30,46H,9-19,38-39H2,1-8H3,(H,40,49)(H,41,48)(H,42,47)(H,43,51)(H,44,50)(H,53,54)/t23-,24-,25-,26-,27-,28-,29-,30-/m0/s1. The van der Waals surface area contributed by atoms with Gasteiger partial charge in [-0.3, -0.25) is 28.8 Å². The van der Waals surface area contributed by atoms with Gasteiger partial charge in [0, 0.05) is 6.54 Å². The first-order valence-corrected chi connectivity index (χ1v) is 19.4. The van der Waals surface area contributed by atoms with Crippen LogP contribution in [0.25, 0.3) is 0 Å². The molecule has 1 saturated heterocycles. The van der Waals surface area contributed by atoms with Crippen molar-refractivity contribution in [1.29, 1.82) is 0 Å². The summed E-state index contributed by atoms with van der Waals surface area (Å²) in [4.78, 5) is 93.9. The third-order valence-corrected chi connectivity index (χ3v) is 9.69. The van der Waals surface area contributed by atoms with E-state index >= 15 is 0 Å². The molecule has 0 bridgehead atoms. The summed E-state index contributed by atoms with van der Waals surface area (Å²) in [5.41, 5.74) is 11.5. The number of hydrogen-bond donors (Lipinski definition) is 9. The van der Waals surface area contributed by atoms with Crippen molar-refractivity contribution in [3.8, 4) is 0 Å². The van der Waals surface area contributed by atoms with Crippen LogP contribution in [0.1, 0.15) is 107 Å². The van der Waals surface area contributed by atoms with E-state index < -0.39 is 90.3 Å². The molecular formula is C37H68N8O9. The molecule has 1 aliphatic heterocycles. The fourth-order valence-corrected chi connectivity index (χ4v) is 6.17. The van der Waals surface area contributed by atoms with Gasteiger partial charge in [-0.25, -0.2) is 4.79 Å². The van der Waals surface area contributed by atoms with Crippen LogP contribution in [0.15, 0.2) is 0 Å². The highest BCUT2D eigenvalue weighted by Crippen LogP contribution is 2.21. The summed E-state index contributed by atoms with van der Waals surface area (Å²) in [5, 5.41) is 32.9. The van der Waals surface area contributed by atoms with E-state index in [0.29, 0.717) is 38.6 Å². The van der Waals surface area contributed by atoms with Crippen molar-refractivity contribution in [2.45, 2.75) is 149 Å². The van der Waals surface area contributed by atoms with E-state index in [4.69, 9.17) is 11.5 Å². The lowest BCUT2D eigenvalue weighted by Crippen LogP contribution is -2.61. The minimum atomic E-state index is -1.47. The lowest BCUT2D eigenvalue weighted by Gasteiger charge is -2.31. The Morgan fingerprint density at radius 3 is 1.81 bits per heavy atom. The fourth-order valence-electron chi connectivity index (χ4n) is 6.17. The number of aliphatic hydroxyl groups is 1. The van der Waals surface area contributed by atoms with Gasteiger partial charge >= 0.3 is 5.97 Å². The SMILES string of the molecule is CC[C@H](C)[C@H](NC(=O)[C@@H](N)C(C)C)C(=O)N[C@@H](CO)C(=O)N[C@@H](CC(C)C)C(=O)N[C@@H](CC(C)C)C(=O)N1CCC[C@H]1C(=O)N[C@@H](CCCCN)C(=O)O. The molecule has 11 N–H and O–H groups in total. The van der Waals surface area contributed by atoms with E-state index in [1.54, 1.807) is 20.8 Å². The van der Waals surface area contributed by atoms with Crippen LogP contribution in [0.2, 0.25) is 0 Å². The molecule has 0 aromatic carbocycles. The van der Waals surface area contributed by atoms with Gasteiger partial charge in [0.15, 0.2) is 0 Å². The third kappa shape index (κ3) is 15.5. The molecule has 0 aromatic rings. The first-order valence-electron chi connectivity index (χ1n) is 19.4. The number of aliphatic carboxylic acids is 1. The van der Waals surface area contributed by atoms with E-state index in [-0.39, 0.29) is 49.5 Å². The average molecular weight is 769 g/mol. The van der Waals surface area contributed by atoms with Crippen molar-refractivity contribution in [2.75, 3.05) is 19.7 Å². The van der Waals surface area contributed by atoms with Crippen LogP contribution in [0.4, 0.5) is 0 Å². The number of carbonyl (C=O) groups is 7. The fraction of sp³-hybridized carbons (Fsp3) is 0.811. The number of carbonyl (C=O) groups excluding carboxylic acids is 6. The quantitative estimate of drug-likeness (QED) is 0.0577. The smallest absolute Gasteiger partial charge is 0.326 e. The zero-order valence-electron chi connectivity index (χ0n) is 33.5. The number of carboxylic acids is 1. The largest absolute Gasteiger partial charge is 0.480 e. The Hall–Kier alpha value is -3.83. The molecule has 0 aromatic heterocycles.